The van der Waals surface area contributed by atoms with Gasteiger partial charge >= 0.3 is 0 Å². The number of aromatic nitrogens is 4. The fraction of sp³-hybridized carbons (Fsp3) is 0.321. The van der Waals surface area contributed by atoms with E-state index in [0.717, 1.165) is 5.56 Å². The van der Waals surface area contributed by atoms with Crippen LogP contribution in [0.2, 0.25) is 28.4 Å². The van der Waals surface area contributed by atoms with Crippen LogP contribution < -0.4 is 10.5 Å². The van der Waals surface area contributed by atoms with Gasteiger partial charge in [0.2, 0.25) is 11.8 Å². The Morgan fingerprint density at radius 1 is 0.974 bits per heavy atom. The van der Waals surface area contributed by atoms with E-state index >= 15 is 0 Å². The Morgan fingerprint density at radius 2 is 1.59 bits per heavy atom. The van der Waals surface area contributed by atoms with E-state index in [1.165, 1.54) is 15.5 Å². The van der Waals surface area contributed by atoms with Gasteiger partial charge in [0, 0.05) is 6.07 Å². The third kappa shape index (κ3) is 6.55. The molecule has 8 nitrogen and oxygen atoms in total. The summed E-state index contributed by atoms with van der Waals surface area (Å²) in [5, 5.41) is 0.485. The number of rotatable bonds is 8. The molecule has 4 rings (SSSR count). The van der Waals surface area contributed by atoms with Crippen LogP contribution in [0.15, 0.2) is 65.5 Å². The van der Waals surface area contributed by atoms with Gasteiger partial charge in [-0.2, -0.15) is 0 Å². The van der Waals surface area contributed by atoms with Crippen LogP contribution in [-0.2, 0) is 11.0 Å². The third-order valence-electron chi connectivity index (χ3n) is 6.95. The molecule has 0 radical (unpaired) electrons. The average Bonchev–Trinajstić information content (AvgIpc) is 2.87. The number of hydrogen-bond acceptors (Lipinski definition) is 6. The first-order valence-electron chi connectivity index (χ1n) is 12.6. The lowest BCUT2D eigenvalue weighted by Crippen LogP contribution is -2.45. The van der Waals surface area contributed by atoms with Crippen LogP contribution in [0, 0.1) is 0 Å². The molecule has 0 aliphatic heterocycles. The summed E-state index contributed by atoms with van der Waals surface area (Å²) in [4.78, 5) is 42.1. The van der Waals surface area contributed by atoms with Crippen molar-refractivity contribution in [3.8, 4) is 0 Å². The van der Waals surface area contributed by atoms with Gasteiger partial charge in [-0.25, -0.2) is 15.0 Å². The van der Waals surface area contributed by atoms with Gasteiger partial charge in [0.15, 0.2) is 8.32 Å². The van der Waals surface area contributed by atoms with Crippen LogP contribution in [0.4, 0.5) is 5.95 Å². The fourth-order valence-electron chi connectivity index (χ4n) is 3.78. The average molecular weight is 585 g/mol. The zero-order valence-electron chi connectivity index (χ0n) is 22.6. The maximum Gasteiger partial charge on any atom is 0.298 e. The Kier molecular flexibility index (Phi) is 8.56. The summed E-state index contributed by atoms with van der Waals surface area (Å²) in [5.41, 5.74) is 1.08. The van der Waals surface area contributed by atoms with Crippen LogP contribution in [0.1, 0.15) is 37.0 Å². The smallest absolute Gasteiger partial charge is 0.298 e. The van der Waals surface area contributed by atoms with Crippen LogP contribution >= 0.6 is 23.2 Å². The highest BCUT2D eigenvalue weighted by Gasteiger charge is 2.37. The summed E-state index contributed by atoms with van der Waals surface area (Å²) in [6.07, 6.45) is 0. The summed E-state index contributed by atoms with van der Waals surface area (Å²) < 4.78 is 7.89. The molecule has 0 saturated carbocycles. The molecule has 204 valence electrons. The monoisotopic (exact) mass is 583 g/mol. The van der Waals surface area contributed by atoms with E-state index in [4.69, 9.17) is 32.6 Å². The van der Waals surface area contributed by atoms with Gasteiger partial charge in [-0.05, 0) is 35.8 Å². The number of amides is 1. The molecule has 2 aromatic heterocycles. The van der Waals surface area contributed by atoms with Crippen molar-refractivity contribution in [3.05, 3.63) is 92.7 Å². The van der Waals surface area contributed by atoms with E-state index in [1.807, 2.05) is 30.3 Å². The van der Waals surface area contributed by atoms with E-state index in [2.05, 4.69) is 43.8 Å². The van der Waals surface area contributed by atoms with Gasteiger partial charge in [-0.15, -0.1) is 0 Å². The summed E-state index contributed by atoms with van der Waals surface area (Å²) >= 11 is 12.2. The van der Waals surface area contributed by atoms with E-state index < -0.39 is 14.2 Å². The highest BCUT2D eigenvalue weighted by atomic mass is 35.5. The molecule has 0 N–H and O–H groups in total. The molecular weight excluding hydrogens is 553 g/mol. The molecule has 1 amide bonds. The lowest BCUT2D eigenvalue weighted by molar-refractivity contribution is 0.0968. The Hall–Kier alpha value is -3.11. The standard InChI is InChI=1S/C28H31Cl2N5O3Si/c1-28(2,3)39(4,5)38-16-15-34(26(37)24-32-22(29)17-23(30)33-24)27-31-21-14-10-9-13-20(21)25(36)35(27)18-19-11-7-6-8-12-19/h6-14,17H,15-16,18H2,1-5H3. The van der Waals surface area contributed by atoms with Crippen LogP contribution in [-0.4, -0.2) is 46.9 Å². The molecule has 0 saturated heterocycles. The SMILES string of the molecule is CC(C)(C)[Si](C)(C)OCCN(C(=O)c1nc(Cl)cc(Cl)n1)c1nc2ccccc2c(=O)n1Cc1ccccc1. The van der Waals surface area contributed by atoms with Crippen molar-refractivity contribution in [2.24, 2.45) is 0 Å². The molecule has 0 fully saturated rings. The first kappa shape index (κ1) is 28.9. The van der Waals surface area contributed by atoms with Crippen LogP contribution in [0.5, 0.6) is 0 Å². The molecule has 0 bridgehead atoms. The van der Waals surface area contributed by atoms with Gasteiger partial charge in [-0.3, -0.25) is 19.1 Å². The van der Waals surface area contributed by atoms with Crippen molar-refractivity contribution in [2.75, 3.05) is 18.1 Å². The molecule has 0 spiro atoms. The van der Waals surface area contributed by atoms with Gasteiger partial charge in [-0.1, -0.05) is 86.4 Å². The maximum absolute atomic E-state index is 13.9. The lowest BCUT2D eigenvalue weighted by Gasteiger charge is -2.36. The summed E-state index contributed by atoms with van der Waals surface area (Å²) in [6.45, 7) is 11.3. The largest absolute Gasteiger partial charge is 0.415 e. The van der Waals surface area contributed by atoms with Gasteiger partial charge < -0.3 is 4.43 Å². The van der Waals surface area contributed by atoms with E-state index in [0.29, 0.717) is 10.9 Å². The molecule has 0 aliphatic rings. The fourth-order valence-corrected chi connectivity index (χ4v) is 5.24. The molecular formula is C28H31Cl2N5O3Si. The summed E-state index contributed by atoms with van der Waals surface area (Å²) in [6, 6.07) is 17.9. The van der Waals surface area contributed by atoms with E-state index in [1.54, 1.807) is 24.3 Å². The number of carbonyl (C=O) groups excluding carboxylic acids is 1. The molecule has 0 unspecified atom stereocenters. The maximum atomic E-state index is 13.9. The predicted molar refractivity (Wildman–Crippen MR) is 158 cm³/mol. The topological polar surface area (TPSA) is 90.2 Å². The summed E-state index contributed by atoms with van der Waals surface area (Å²) in [5.74, 6) is -0.637. The Bertz CT molecular complexity index is 1530. The zero-order chi connectivity index (χ0) is 28.4. The number of para-hydroxylation sites is 1. The number of fused-ring (bicyclic) bond motifs is 1. The molecule has 11 heteroatoms. The molecule has 0 atom stereocenters. The van der Waals surface area contributed by atoms with Crippen molar-refractivity contribution in [3.63, 3.8) is 0 Å². The number of benzene rings is 2. The summed E-state index contributed by atoms with van der Waals surface area (Å²) in [7, 11) is -2.13. The number of halogens is 2. The van der Waals surface area contributed by atoms with Crippen molar-refractivity contribution >= 4 is 54.3 Å². The highest BCUT2D eigenvalue weighted by molar-refractivity contribution is 6.74. The zero-order valence-corrected chi connectivity index (χ0v) is 25.1. The highest BCUT2D eigenvalue weighted by Crippen LogP contribution is 2.36. The third-order valence-corrected chi connectivity index (χ3v) is 11.9. The predicted octanol–water partition coefficient (Wildman–Crippen LogP) is 6.21. The number of carbonyl (C=O) groups is 1. The van der Waals surface area contributed by atoms with E-state index in [-0.39, 0.29) is 52.4 Å². The minimum absolute atomic E-state index is 0.0258. The van der Waals surface area contributed by atoms with Crippen molar-refractivity contribution in [2.45, 2.75) is 45.4 Å². The van der Waals surface area contributed by atoms with E-state index in [9.17, 15) is 9.59 Å². The van der Waals surface area contributed by atoms with Crippen molar-refractivity contribution in [1.29, 1.82) is 0 Å². The number of nitrogens with zero attached hydrogens (tertiary/aromatic N) is 5. The molecule has 39 heavy (non-hydrogen) atoms. The first-order valence-corrected chi connectivity index (χ1v) is 16.2. The minimum atomic E-state index is -2.13. The first-order chi connectivity index (χ1) is 18.4. The normalized spacial score (nSPS) is 12.1. The quantitative estimate of drug-likeness (QED) is 0.181. The second-order valence-corrected chi connectivity index (χ2v) is 16.3. The number of anilines is 1. The number of hydrogen-bond donors (Lipinski definition) is 0. The molecule has 2 aromatic carbocycles. The van der Waals surface area contributed by atoms with Crippen molar-refractivity contribution in [1.82, 2.24) is 19.5 Å². The Balaban J connectivity index is 1.86. The van der Waals surface area contributed by atoms with Crippen LogP contribution in [0.25, 0.3) is 10.9 Å². The Labute approximate surface area is 238 Å². The van der Waals surface area contributed by atoms with Gasteiger partial charge in [0.05, 0.1) is 30.6 Å². The van der Waals surface area contributed by atoms with Gasteiger partial charge in [0.25, 0.3) is 11.5 Å². The van der Waals surface area contributed by atoms with Crippen LogP contribution in [0.3, 0.4) is 0 Å². The van der Waals surface area contributed by atoms with Gasteiger partial charge in [0.1, 0.15) is 10.3 Å². The molecule has 2 heterocycles. The van der Waals surface area contributed by atoms with Crippen molar-refractivity contribution < 1.29 is 9.22 Å². The second-order valence-electron chi connectivity index (χ2n) is 10.7. The molecule has 4 aromatic rings. The minimum Gasteiger partial charge on any atom is -0.415 e. The second kappa shape index (κ2) is 11.6. The molecule has 0 aliphatic carbocycles. The Morgan fingerprint density at radius 3 is 2.23 bits per heavy atom. The lowest BCUT2D eigenvalue weighted by atomic mass is 10.2.